The Labute approximate surface area is 129 Å². The molecular formula is C14H19Cl2NO3. The van der Waals surface area contributed by atoms with Gasteiger partial charge in [-0.1, -0.05) is 30.1 Å². The molecule has 0 heterocycles. The zero-order valence-electron chi connectivity index (χ0n) is 11.8. The standard InChI is InChI=1S/C14H19Cl2NO3/c1-4-11(17)6-9-5-10(15)7-12(16)13(9)20-8(2)14(18)19-3/h5,7-8,11H,4,6,17H2,1-3H3. The van der Waals surface area contributed by atoms with Crippen molar-refractivity contribution < 1.29 is 14.3 Å². The van der Waals surface area contributed by atoms with E-state index in [2.05, 4.69) is 4.74 Å². The van der Waals surface area contributed by atoms with Gasteiger partial charge in [-0.15, -0.1) is 0 Å². The number of esters is 1. The molecule has 1 aromatic rings. The Bertz CT molecular complexity index is 480. The van der Waals surface area contributed by atoms with Gasteiger partial charge >= 0.3 is 5.97 Å². The van der Waals surface area contributed by atoms with E-state index >= 15 is 0 Å². The van der Waals surface area contributed by atoms with Gasteiger partial charge in [0, 0.05) is 11.1 Å². The first-order chi connectivity index (χ1) is 9.38. The fourth-order valence-electron chi connectivity index (χ4n) is 1.71. The Morgan fingerprint density at radius 1 is 1.40 bits per heavy atom. The third-order valence-corrected chi connectivity index (χ3v) is 3.42. The number of nitrogens with two attached hydrogens (primary N) is 1. The Morgan fingerprint density at radius 3 is 2.60 bits per heavy atom. The monoisotopic (exact) mass is 319 g/mol. The molecule has 6 heteroatoms. The van der Waals surface area contributed by atoms with Crippen molar-refractivity contribution in [2.75, 3.05) is 7.11 Å². The summed E-state index contributed by atoms with van der Waals surface area (Å²) < 4.78 is 10.2. The van der Waals surface area contributed by atoms with Crippen molar-refractivity contribution >= 4 is 29.2 Å². The highest BCUT2D eigenvalue weighted by atomic mass is 35.5. The minimum absolute atomic E-state index is 0.0275. The van der Waals surface area contributed by atoms with Crippen molar-refractivity contribution in [1.29, 1.82) is 0 Å². The molecule has 0 spiro atoms. The molecule has 0 aromatic heterocycles. The van der Waals surface area contributed by atoms with E-state index in [9.17, 15) is 4.79 Å². The van der Waals surface area contributed by atoms with Crippen LogP contribution in [0.1, 0.15) is 25.8 Å². The summed E-state index contributed by atoms with van der Waals surface area (Å²) in [4.78, 5) is 11.4. The topological polar surface area (TPSA) is 61.5 Å². The molecule has 0 saturated carbocycles. The maximum absolute atomic E-state index is 11.4. The first-order valence-corrected chi connectivity index (χ1v) is 7.12. The van der Waals surface area contributed by atoms with Gasteiger partial charge in [-0.25, -0.2) is 4.79 Å². The summed E-state index contributed by atoms with van der Waals surface area (Å²) in [6.45, 7) is 3.59. The normalized spacial score (nSPS) is 13.7. The van der Waals surface area contributed by atoms with Gasteiger partial charge in [-0.2, -0.15) is 0 Å². The summed E-state index contributed by atoms with van der Waals surface area (Å²) in [6.07, 6.45) is 0.631. The van der Waals surface area contributed by atoms with E-state index in [1.165, 1.54) is 7.11 Å². The molecule has 1 aromatic carbocycles. The van der Waals surface area contributed by atoms with Crippen LogP contribution in [0.4, 0.5) is 0 Å². The Morgan fingerprint density at radius 2 is 2.05 bits per heavy atom. The molecule has 0 aliphatic rings. The molecule has 112 valence electrons. The van der Waals surface area contributed by atoms with Crippen LogP contribution >= 0.6 is 23.2 Å². The van der Waals surface area contributed by atoms with Crippen molar-refractivity contribution in [2.45, 2.75) is 38.8 Å². The molecule has 0 aliphatic carbocycles. The van der Waals surface area contributed by atoms with Gasteiger partial charge in [0.05, 0.1) is 12.1 Å². The zero-order chi connectivity index (χ0) is 15.3. The molecule has 0 saturated heterocycles. The Kier molecular flexibility index (Phi) is 6.59. The van der Waals surface area contributed by atoms with E-state index in [-0.39, 0.29) is 6.04 Å². The van der Waals surface area contributed by atoms with E-state index in [0.717, 1.165) is 12.0 Å². The van der Waals surface area contributed by atoms with Crippen molar-refractivity contribution in [2.24, 2.45) is 5.73 Å². The minimum atomic E-state index is -0.754. The summed E-state index contributed by atoms with van der Waals surface area (Å²) in [5.41, 5.74) is 6.74. The molecule has 0 radical (unpaired) electrons. The molecular weight excluding hydrogens is 301 g/mol. The summed E-state index contributed by atoms with van der Waals surface area (Å²) in [7, 11) is 1.31. The molecule has 4 nitrogen and oxygen atoms in total. The maximum Gasteiger partial charge on any atom is 0.346 e. The number of hydrogen-bond acceptors (Lipinski definition) is 4. The molecule has 0 fully saturated rings. The quantitative estimate of drug-likeness (QED) is 0.818. The summed E-state index contributed by atoms with van der Waals surface area (Å²) in [5.74, 6) is -0.0420. The van der Waals surface area contributed by atoms with Crippen LogP contribution in [0, 0.1) is 0 Å². The van der Waals surface area contributed by atoms with Crippen LogP contribution in [0.25, 0.3) is 0 Å². The van der Waals surface area contributed by atoms with Crippen molar-refractivity contribution in [3.8, 4) is 5.75 Å². The van der Waals surface area contributed by atoms with Crippen LogP contribution in [-0.2, 0) is 16.0 Å². The number of carbonyl (C=O) groups is 1. The minimum Gasteiger partial charge on any atom is -0.477 e. The van der Waals surface area contributed by atoms with Crippen LogP contribution in [0.2, 0.25) is 10.0 Å². The second-order valence-electron chi connectivity index (χ2n) is 4.53. The summed E-state index contributed by atoms with van der Waals surface area (Å²) in [5, 5.41) is 0.859. The van der Waals surface area contributed by atoms with E-state index in [1.807, 2.05) is 6.92 Å². The number of methoxy groups -OCH3 is 1. The van der Waals surface area contributed by atoms with Gasteiger partial charge in [0.1, 0.15) is 5.75 Å². The summed E-state index contributed by atoms with van der Waals surface area (Å²) >= 11 is 12.2. The predicted molar refractivity (Wildman–Crippen MR) is 80.5 cm³/mol. The Balaban J connectivity index is 3.06. The van der Waals surface area contributed by atoms with Gasteiger partial charge in [0.15, 0.2) is 6.10 Å². The number of hydrogen-bond donors (Lipinski definition) is 1. The molecule has 0 aliphatic heterocycles. The third-order valence-electron chi connectivity index (χ3n) is 2.92. The lowest BCUT2D eigenvalue weighted by atomic mass is 10.0. The largest absolute Gasteiger partial charge is 0.477 e. The molecule has 0 bridgehead atoms. The fraction of sp³-hybridized carbons (Fsp3) is 0.500. The van der Waals surface area contributed by atoms with E-state index in [0.29, 0.717) is 22.2 Å². The van der Waals surface area contributed by atoms with Crippen molar-refractivity contribution in [3.63, 3.8) is 0 Å². The lowest BCUT2D eigenvalue weighted by Crippen LogP contribution is -2.27. The highest BCUT2D eigenvalue weighted by molar-refractivity contribution is 6.35. The number of benzene rings is 1. The molecule has 2 unspecified atom stereocenters. The lowest BCUT2D eigenvalue weighted by Gasteiger charge is -2.19. The van der Waals surface area contributed by atoms with Crippen LogP contribution in [0.15, 0.2) is 12.1 Å². The number of rotatable bonds is 6. The van der Waals surface area contributed by atoms with E-state index < -0.39 is 12.1 Å². The van der Waals surface area contributed by atoms with Crippen LogP contribution in [0.5, 0.6) is 5.75 Å². The van der Waals surface area contributed by atoms with Crippen molar-refractivity contribution in [1.82, 2.24) is 0 Å². The summed E-state index contributed by atoms with van der Waals surface area (Å²) in [6, 6.07) is 3.30. The highest BCUT2D eigenvalue weighted by Gasteiger charge is 2.20. The average molecular weight is 320 g/mol. The van der Waals surface area contributed by atoms with Crippen LogP contribution < -0.4 is 10.5 Å². The van der Waals surface area contributed by atoms with Crippen molar-refractivity contribution in [3.05, 3.63) is 27.7 Å². The van der Waals surface area contributed by atoms with Crippen LogP contribution in [0.3, 0.4) is 0 Å². The van der Waals surface area contributed by atoms with Gasteiger partial charge in [-0.05, 0) is 37.5 Å². The average Bonchev–Trinajstić information content (AvgIpc) is 2.41. The first kappa shape index (κ1) is 17.1. The second-order valence-corrected chi connectivity index (χ2v) is 5.38. The number of ether oxygens (including phenoxy) is 2. The molecule has 1 rings (SSSR count). The van der Waals surface area contributed by atoms with Crippen LogP contribution in [-0.4, -0.2) is 25.2 Å². The molecule has 2 N–H and O–H groups in total. The maximum atomic E-state index is 11.4. The van der Waals surface area contributed by atoms with Gasteiger partial charge in [-0.3, -0.25) is 0 Å². The SMILES string of the molecule is CCC(N)Cc1cc(Cl)cc(Cl)c1OC(C)C(=O)OC. The predicted octanol–water partition coefficient (Wildman–Crippen LogP) is 3.21. The first-order valence-electron chi connectivity index (χ1n) is 6.37. The Hall–Kier alpha value is -0.970. The third kappa shape index (κ3) is 4.54. The fourth-order valence-corrected chi connectivity index (χ4v) is 2.30. The van der Waals surface area contributed by atoms with E-state index in [1.54, 1.807) is 19.1 Å². The van der Waals surface area contributed by atoms with Gasteiger partial charge < -0.3 is 15.2 Å². The molecule has 2 atom stereocenters. The number of carbonyl (C=O) groups excluding carboxylic acids is 1. The van der Waals surface area contributed by atoms with E-state index in [4.69, 9.17) is 33.7 Å². The molecule has 0 amide bonds. The smallest absolute Gasteiger partial charge is 0.346 e. The lowest BCUT2D eigenvalue weighted by molar-refractivity contribution is -0.147. The van der Waals surface area contributed by atoms with Gasteiger partial charge in [0.25, 0.3) is 0 Å². The zero-order valence-corrected chi connectivity index (χ0v) is 13.3. The highest BCUT2D eigenvalue weighted by Crippen LogP contribution is 2.34. The van der Waals surface area contributed by atoms with Gasteiger partial charge in [0.2, 0.25) is 0 Å². The molecule has 20 heavy (non-hydrogen) atoms. The number of halogens is 2. The second kappa shape index (κ2) is 7.72.